The number of rotatable bonds is 1. The van der Waals surface area contributed by atoms with E-state index in [1.165, 1.54) is 0 Å². The Bertz CT molecular complexity index is 555. The van der Waals surface area contributed by atoms with E-state index in [1.807, 2.05) is 31.2 Å². The van der Waals surface area contributed by atoms with E-state index in [0.29, 0.717) is 5.69 Å². The molecule has 1 aromatic heterocycles. The Morgan fingerprint density at radius 3 is 2.80 bits per heavy atom. The average molecular weight is 198 g/mol. The maximum absolute atomic E-state index is 8.75. The third kappa shape index (κ3) is 1.62. The Morgan fingerprint density at radius 1 is 1.33 bits per heavy atom. The van der Waals surface area contributed by atoms with Crippen molar-refractivity contribution in [2.75, 3.05) is 7.11 Å². The summed E-state index contributed by atoms with van der Waals surface area (Å²) in [6.45, 7) is 1.96. The smallest absolute Gasteiger partial charge is 0.141 e. The minimum Gasteiger partial charge on any atom is -0.497 e. The van der Waals surface area contributed by atoms with Gasteiger partial charge in [-0.25, -0.2) is 4.98 Å². The molecule has 2 rings (SSSR count). The number of hydrogen-bond acceptors (Lipinski definition) is 3. The highest BCUT2D eigenvalue weighted by Gasteiger charge is 2.03. The van der Waals surface area contributed by atoms with Crippen molar-refractivity contribution in [3.8, 4) is 11.8 Å². The minimum absolute atomic E-state index is 0.441. The molecule has 0 saturated heterocycles. The fraction of sp³-hybridized carbons (Fsp3) is 0.167. The molecule has 0 unspecified atom stereocenters. The van der Waals surface area contributed by atoms with Gasteiger partial charge < -0.3 is 4.74 Å². The van der Waals surface area contributed by atoms with Gasteiger partial charge in [-0.05, 0) is 36.8 Å². The molecule has 0 atom stereocenters. The first-order valence-corrected chi connectivity index (χ1v) is 4.60. The SMILES string of the molecule is COc1cc(C)c2nc(C#N)ccc2c1. The van der Waals surface area contributed by atoms with E-state index >= 15 is 0 Å². The highest BCUT2D eigenvalue weighted by Crippen LogP contribution is 2.23. The van der Waals surface area contributed by atoms with E-state index in [1.54, 1.807) is 13.2 Å². The van der Waals surface area contributed by atoms with Crippen LogP contribution in [0.4, 0.5) is 0 Å². The second-order valence-corrected chi connectivity index (χ2v) is 3.32. The molecule has 1 heterocycles. The van der Waals surface area contributed by atoms with Crippen LogP contribution in [-0.4, -0.2) is 12.1 Å². The van der Waals surface area contributed by atoms with Crippen LogP contribution in [0.5, 0.6) is 5.75 Å². The zero-order chi connectivity index (χ0) is 10.8. The summed E-state index contributed by atoms with van der Waals surface area (Å²) in [6, 6.07) is 9.45. The monoisotopic (exact) mass is 198 g/mol. The molecule has 0 amide bonds. The number of aromatic nitrogens is 1. The lowest BCUT2D eigenvalue weighted by Crippen LogP contribution is -1.90. The number of pyridine rings is 1. The molecular weight excluding hydrogens is 188 g/mol. The lowest BCUT2D eigenvalue weighted by molar-refractivity contribution is 0.415. The largest absolute Gasteiger partial charge is 0.497 e. The van der Waals surface area contributed by atoms with Gasteiger partial charge in [0.1, 0.15) is 17.5 Å². The summed E-state index contributed by atoms with van der Waals surface area (Å²) in [7, 11) is 1.64. The summed E-state index contributed by atoms with van der Waals surface area (Å²) < 4.78 is 5.17. The van der Waals surface area contributed by atoms with Gasteiger partial charge in [-0.2, -0.15) is 5.26 Å². The van der Waals surface area contributed by atoms with Gasteiger partial charge in [0, 0.05) is 5.39 Å². The summed E-state index contributed by atoms with van der Waals surface area (Å²) >= 11 is 0. The van der Waals surface area contributed by atoms with Gasteiger partial charge in [-0.1, -0.05) is 0 Å². The van der Waals surface area contributed by atoms with Crippen molar-refractivity contribution in [3.05, 3.63) is 35.5 Å². The Kier molecular flexibility index (Phi) is 2.26. The maximum Gasteiger partial charge on any atom is 0.141 e. The van der Waals surface area contributed by atoms with Crippen LogP contribution in [0.25, 0.3) is 10.9 Å². The van der Waals surface area contributed by atoms with Gasteiger partial charge in [0.2, 0.25) is 0 Å². The van der Waals surface area contributed by atoms with Crippen molar-refractivity contribution in [1.82, 2.24) is 4.98 Å². The molecule has 1 aromatic carbocycles. The third-order valence-corrected chi connectivity index (χ3v) is 2.31. The Morgan fingerprint density at radius 2 is 2.13 bits per heavy atom. The lowest BCUT2D eigenvalue weighted by atomic mass is 10.1. The van der Waals surface area contributed by atoms with E-state index in [9.17, 15) is 0 Å². The van der Waals surface area contributed by atoms with Crippen LogP contribution in [0, 0.1) is 18.3 Å². The molecule has 3 nitrogen and oxygen atoms in total. The molecule has 74 valence electrons. The van der Waals surface area contributed by atoms with Gasteiger partial charge in [-0.3, -0.25) is 0 Å². The Balaban J connectivity index is 2.75. The highest BCUT2D eigenvalue weighted by molar-refractivity contribution is 5.83. The van der Waals surface area contributed by atoms with Gasteiger partial charge in [0.15, 0.2) is 0 Å². The number of nitriles is 1. The second kappa shape index (κ2) is 3.58. The molecule has 0 N–H and O–H groups in total. The zero-order valence-electron chi connectivity index (χ0n) is 8.61. The molecule has 0 spiro atoms. The van der Waals surface area contributed by atoms with E-state index in [-0.39, 0.29) is 0 Å². The molecule has 0 aliphatic carbocycles. The normalized spacial score (nSPS) is 9.93. The number of methoxy groups -OCH3 is 1. The standard InChI is InChI=1S/C12H10N2O/c1-8-5-11(15-2)6-9-3-4-10(7-13)14-12(8)9/h3-6H,1-2H3. The van der Waals surface area contributed by atoms with E-state index in [4.69, 9.17) is 10.00 Å². The average Bonchev–Trinajstić information content (AvgIpc) is 2.28. The van der Waals surface area contributed by atoms with E-state index < -0.39 is 0 Å². The molecule has 0 saturated carbocycles. The number of benzene rings is 1. The fourth-order valence-corrected chi connectivity index (χ4v) is 1.56. The summed E-state index contributed by atoms with van der Waals surface area (Å²) in [4.78, 5) is 4.25. The first-order chi connectivity index (χ1) is 7.24. The third-order valence-electron chi connectivity index (χ3n) is 2.31. The quantitative estimate of drug-likeness (QED) is 0.706. The minimum atomic E-state index is 0.441. The number of nitrogens with zero attached hydrogens (tertiary/aromatic N) is 2. The topological polar surface area (TPSA) is 45.9 Å². The molecule has 3 heteroatoms. The molecular formula is C12H10N2O. The molecule has 0 aliphatic rings. The summed E-state index contributed by atoms with van der Waals surface area (Å²) in [6.07, 6.45) is 0. The predicted octanol–water partition coefficient (Wildman–Crippen LogP) is 2.42. The molecule has 0 aliphatic heterocycles. The van der Waals surface area contributed by atoms with Gasteiger partial charge in [-0.15, -0.1) is 0 Å². The van der Waals surface area contributed by atoms with E-state index in [0.717, 1.165) is 22.2 Å². The number of hydrogen-bond donors (Lipinski definition) is 0. The van der Waals surface area contributed by atoms with Gasteiger partial charge in [0.05, 0.1) is 12.6 Å². The van der Waals surface area contributed by atoms with Crippen LogP contribution in [0.3, 0.4) is 0 Å². The Labute approximate surface area is 87.9 Å². The first-order valence-electron chi connectivity index (χ1n) is 4.60. The van der Waals surface area contributed by atoms with Crippen molar-refractivity contribution >= 4 is 10.9 Å². The van der Waals surface area contributed by atoms with Crippen LogP contribution in [0.15, 0.2) is 24.3 Å². The fourth-order valence-electron chi connectivity index (χ4n) is 1.56. The molecule has 0 bridgehead atoms. The van der Waals surface area contributed by atoms with Crippen LogP contribution >= 0.6 is 0 Å². The van der Waals surface area contributed by atoms with Gasteiger partial charge in [0.25, 0.3) is 0 Å². The summed E-state index contributed by atoms with van der Waals surface area (Å²) in [5.74, 6) is 0.812. The predicted molar refractivity (Wildman–Crippen MR) is 57.7 cm³/mol. The molecule has 0 fully saturated rings. The summed E-state index contributed by atoms with van der Waals surface area (Å²) in [5.41, 5.74) is 2.31. The van der Waals surface area contributed by atoms with Crippen LogP contribution in [0.2, 0.25) is 0 Å². The molecule has 15 heavy (non-hydrogen) atoms. The molecule has 2 aromatic rings. The van der Waals surface area contributed by atoms with Crippen LogP contribution in [0.1, 0.15) is 11.3 Å². The molecule has 0 radical (unpaired) electrons. The maximum atomic E-state index is 8.75. The number of ether oxygens (including phenoxy) is 1. The number of fused-ring (bicyclic) bond motifs is 1. The zero-order valence-corrected chi connectivity index (χ0v) is 8.61. The van der Waals surface area contributed by atoms with Gasteiger partial charge >= 0.3 is 0 Å². The Hall–Kier alpha value is -2.08. The first kappa shape index (κ1) is 9.47. The van der Waals surface area contributed by atoms with Crippen LogP contribution < -0.4 is 4.74 Å². The lowest BCUT2D eigenvalue weighted by Gasteiger charge is -2.05. The van der Waals surface area contributed by atoms with Crippen molar-refractivity contribution in [1.29, 1.82) is 5.26 Å². The van der Waals surface area contributed by atoms with Crippen molar-refractivity contribution in [3.63, 3.8) is 0 Å². The van der Waals surface area contributed by atoms with Crippen molar-refractivity contribution in [2.24, 2.45) is 0 Å². The second-order valence-electron chi connectivity index (χ2n) is 3.32. The van der Waals surface area contributed by atoms with Crippen LogP contribution in [-0.2, 0) is 0 Å². The van der Waals surface area contributed by atoms with Crippen molar-refractivity contribution < 1.29 is 4.74 Å². The van der Waals surface area contributed by atoms with E-state index in [2.05, 4.69) is 4.98 Å². The highest BCUT2D eigenvalue weighted by atomic mass is 16.5. The summed E-state index contributed by atoms with van der Waals surface area (Å²) in [5, 5.41) is 9.74. The number of aryl methyl sites for hydroxylation is 1. The van der Waals surface area contributed by atoms with Crippen molar-refractivity contribution in [2.45, 2.75) is 6.92 Å².